The van der Waals surface area contributed by atoms with Gasteiger partial charge in [0.25, 0.3) is 0 Å². The number of aromatic hydroxyl groups is 1. The molecule has 0 aliphatic heterocycles. The van der Waals surface area contributed by atoms with Gasteiger partial charge in [0.2, 0.25) is 0 Å². The number of hydrogen-bond donors (Lipinski definition) is 4. The molecule has 1 aromatic rings. The summed E-state index contributed by atoms with van der Waals surface area (Å²) in [6.07, 6.45) is 4.65. The van der Waals surface area contributed by atoms with Crippen LogP contribution in [0.5, 0.6) is 5.75 Å². The summed E-state index contributed by atoms with van der Waals surface area (Å²) >= 11 is 0. The maximum Gasteiger partial charge on any atom is 0.466 e. The molecule has 0 amide bonds. The first kappa shape index (κ1) is 16.1. The van der Waals surface area contributed by atoms with Crippen molar-refractivity contribution in [2.75, 3.05) is 0 Å². The van der Waals surface area contributed by atoms with Gasteiger partial charge < -0.3 is 19.8 Å². The molecule has 0 aromatic heterocycles. The molecule has 0 fully saturated rings. The van der Waals surface area contributed by atoms with Crippen molar-refractivity contribution < 1.29 is 24.4 Å². The Hall–Kier alpha value is -0.870. The molecule has 0 bridgehead atoms. The van der Waals surface area contributed by atoms with Crippen LogP contribution in [0.2, 0.25) is 0 Å². The largest absolute Gasteiger partial charge is 0.508 e. The van der Waals surface area contributed by atoms with E-state index in [2.05, 4.69) is 6.92 Å². The number of phosphoric acid groups is 1. The Balaban J connectivity index is 0.000000437. The predicted molar refractivity (Wildman–Crippen MR) is 65.6 cm³/mol. The molecule has 0 aliphatic carbocycles. The molecule has 0 saturated heterocycles. The summed E-state index contributed by atoms with van der Waals surface area (Å²) in [5, 5.41) is 9.41. The lowest BCUT2D eigenvalue weighted by Gasteiger charge is -2.02. The lowest BCUT2D eigenvalue weighted by Crippen LogP contribution is -1.85. The molecule has 17 heavy (non-hydrogen) atoms. The summed E-state index contributed by atoms with van der Waals surface area (Å²) in [5.41, 5.74) is 1.07. The first-order chi connectivity index (χ1) is 7.84. The van der Waals surface area contributed by atoms with E-state index < -0.39 is 7.82 Å². The highest BCUT2D eigenvalue weighted by molar-refractivity contribution is 7.45. The van der Waals surface area contributed by atoms with Gasteiger partial charge in [-0.2, -0.15) is 0 Å². The van der Waals surface area contributed by atoms with Gasteiger partial charge in [-0.1, -0.05) is 38.0 Å². The van der Waals surface area contributed by atoms with Crippen molar-refractivity contribution in [1.29, 1.82) is 0 Å². The van der Waals surface area contributed by atoms with Gasteiger partial charge in [-0.25, -0.2) is 4.57 Å². The Morgan fingerprint density at radius 3 is 2.12 bits per heavy atom. The van der Waals surface area contributed by atoms with E-state index in [4.69, 9.17) is 19.2 Å². The average Bonchev–Trinajstić information content (AvgIpc) is 2.19. The zero-order valence-electron chi connectivity index (χ0n) is 9.78. The van der Waals surface area contributed by atoms with Gasteiger partial charge in [0.15, 0.2) is 0 Å². The normalized spacial score (nSPS) is 10.6. The summed E-state index contributed by atoms with van der Waals surface area (Å²) < 4.78 is 8.88. The zero-order valence-corrected chi connectivity index (χ0v) is 10.7. The van der Waals surface area contributed by atoms with E-state index in [-0.39, 0.29) is 0 Å². The lowest BCUT2D eigenvalue weighted by molar-refractivity contribution is 0.275. The molecule has 5 nitrogen and oxygen atoms in total. The van der Waals surface area contributed by atoms with Crippen LogP contribution in [-0.4, -0.2) is 19.8 Å². The Labute approximate surface area is 101 Å². The molecule has 1 aromatic carbocycles. The molecule has 0 unspecified atom stereocenters. The Kier molecular flexibility index (Phi) is 7.83. The van der Waals surface area contributed by atoms with Crippen LogP contribution >= 0.6 is 7.82 Å². The van der Waals surface area contributed by atoms with Crippen LogP contribution in [0, 0.1) is 0 Å². The predicted octanol–water partition coefficient (Wildman–Crippen LogP) is 2.20. The molecular formula is C11H19O5P. The molecule has 4 N–H and O–H groups in total. The van der Waals surface area contributed by atoms with Gasteiger partial charge in [-0.05, 0) is 24.5 Å². The van der Waals surface area contributed by atoms with E-state index >= 15 is 0 Å². The van der Waals surface area contributed by atoms with E-state index in [1.54, 1.807) is 6.07 Å². The number of para-hydroxylation sites is 1. The van der Waals surface area contributed by atoms with Gasteiger partial charge in [-0.3, -0.25) is 0 Å². The quantitative estimate of drug-likeness (QED) is 0.492. The minimum atomic E-state index is -4.64. The van der Waals surface area contributed by atoms with Crippen LogP contribution < -0.4 is 0 Å². The standard InChI is InChI=1S/C11H16O.H3O4P/c1-2-3-4-7-10-8-5-6-9-11(10)12;1-5(2,3)4/h5-6,8-9,12H,2-4,7H2,1H3;(H3,1,2,3,4). The fraction of sp³-hybridized carbons (Fsp3) is 0.455. The fourth-order valence-corrected chi connectivity index (χ4v) is 1.29. The maximum absolute atomic E-state index is 9.41. The minimum absolute atomic E-state index is 0.439. The van der Waals surface area contributed by atoms with Crippen LogP contribution in [0.1, 0.15) is 31.7 Å². The third-order valence-corrected chi connectivity index (χ3v) is 2.04. The summed E-state index contributed by atoms with van der Waals surface area (Å²) in [5.74, 6) is 0.439. The Bertz CT molecular complexity index is 352. The monoisotopic (exact) mass is 262 g/mol. The second-order valence-corrected chi connectivity index (χ2v) is 4.63. The molecule has 0 aliphatic rings. The van der Waals surface area contributed by atoms with E-state index in [1.807, 2.05) is 18.2 Å². The molecule has 0 spiro atoms. The highest BCUT2D eigenvalue weighted by atomic mass is 31.2. The van der Waals surface area contributed by atoms with Crippen LogP contribution in [-0.2, 0) is 11.0 Å². The van der Waals surface area contributed by atoms with Crippen molar-refractivity contribution in [2.45, 2.75) is 32.6 Å². The van der Waals surface area contributed by atoms with Crippen molar-refractivity contribution in [3.8, 4) is 5.75 Å². The van der Waals surface area contributed by atoms with Crippen LogP contribution in [0.25, 0.3) is 0 Å². The molecule has 6 heteroatoms. The van der Waals surface area contributed by atoms with Gasteiger partial charge >= 0.3 is 7.82 Å². The first-order valence-corrected chi connectivity index (χ1v) is 6.96. The molecule has 0 saturated carbocycles. The third-order valence-electron chi connectivity index (χ3n) is 2.04. The summed E-state index contributed by atoms with van der Waals surface area (Å²) in [7, 11) is -4.64. The lowest BCUT2D eigenvalue weighted by atomic mass is 10.1. The van der Waals surface area contributed by atoms with Crippen molar-refractivity contribution in [3.63, 3.8) is 0 Å². The number of phenols is 1. The smallest absolute Gasteiger partial charge is 0.466 e. The van der Waals surface area contributed by atoms with E-state index in [9.17, 15) is 5.11 Å². The molecular weight excluding hydrogens is 243 g/mol. The van der Waals surface area contributed by atoms with E-state index in [1.165, 1.54) is 19.3 Å². The number of phenolic OH excluding ortho intramolecular Hbond substituents is 1. The van der Waals surface area contributed by atoms with Crippen LogP contribution in [0.4, 0.5) is 0 Å². The number of aryl methyl sites for hydroxylation is 1. The number of rotatable bonds is 4. The summed E-state index contributed by atoms with van der Waals surface area (Å²) in [4.78, 5) is 21.6. The molecule has 0 radical (unpaired) electrons. The third kappa shape index (κ3) is 11.4. The van der Waals surface area contributed by atoms with Crippen molar-refractivity contribution in [1.82, 2.24) is 0 Å². The van der Waals surface area contributed by atoms with Crippen LogP contribution in [0.3, 0.4) is 0 Å². The summed E-state index contributed by atoms with van der Waals surface area (Å²) in [6.45, 7) is 2.19. The summed E-state index contributed by atoms with van der Waals surface area (Å²) in [6, 6.07) is 7.58. The van der Waals surface area contributed by atoms with Gasteiger partial charge in [0, 0.05) is 0 Å². The Morgan fingerprint density at radius 1 is 1.12 bits per heavy atom. The number of unbranched alkanes of at least 4 members (excludes halogenated alkanes) is 2. The van der Waals surface area contributed by atoms with Crippen molar-refractivity contribution >= 4 is 7.82 Å². The molecule has 98 valence electrons. The second-order valence-electron chi connectivity index (χ2n) is 3.60. The van der Waals surface area contributed by atoms with Crippen molar-refractivity contribution in [3.05, 3.63) is 29.8 Å². The SMILES string of the molecule is CCCCCc1ccccc1O.O=P(O)(O)O. The van der Waals surface area contributed by atoms with E-state index in [0.29, 0.717) is 5.75 Å². The number of hydrogen-bond acceptors (Lipinski definition) is 2. The minimum Gasteiger partial charge on any atom is -0.508 e. The topological polar surface area (TPSA) is 98.0 Å². The second kappa shape index (κ2) is 8.25. The van der Waals surface area contributed by atoms with Gasteiger partial charge in [-0.15, -0.1) is 0 Å². The Morgan fingerprint density at radius 2 is 1.65 bits per heavy atom. The van der Waals surface area contributed by atoms with Gasteiger partial charge in [0.05, 0.1) is 0 Å². The van der Waals surface area contributed by atoms with Crippen molar-refractivity contribution in [2.24, 2.45) is 0 Å². The maximum atomic E-state index is 9.41. The molecule has 0 heterocycles. The zero-order chi connectivity index (χ0) is 13.3. The highest BCUT2D eigenvalue weighted by Crippen LogP contribution is 2.25. The fourth-order valence-electron chi connectivity index (χ4n) is 1.29. The molecule has 1 rings (SSSR count). The average molecular weight is 262 g/mol. The highest BCUT2D eigenvalue weighted by Gasteiger charge is 2.00. The molecule has 0 atom stereocenters. The first-order valence-electron chi connectivity index (χ1n) is 5.39. The van der Waals surface area contributed by atoms with Crippen LogP contribution in [0.15, 0.2) is 24.3 Å². The van der Waals surface area contributed by atoms with Gasteiger partial charge in [0.1, 0.15) is 5.75 Å². The van der Waals surface area contributed by atoms with E-state index in [0.717, 1.165) is 12.0 Å². The number of benzene rings is 1.